The lowest BCUT2D eigenvalue weighted by Crippen LogP contribution is -2.13. The molecule has 0 aliphatic heterocycles. The van der Waals surface area contributed by atoms with Crippen LogP contribution in [0.3, 0.4) is 0 Å². The summed E-state index contributed by atoms with van der Waals surface area (Å²) in [6.07, 6.45) is -0.0907. The van der Waals surface area contributed by atoms with Gasteiger partial charge in [0.05, 0.1) is 17.9 Å². The molecule has 0 bridgehead atoms. The lowest BCUT2D eigenvalue weighted by Gasteiger charge is -2.04. The molecule has 0 aliphatic carbocycles. The molecule has 0 spiro atoms. The number of carbonyl (C=O) groups excluding carboxylic acids is 1. The molecule has 2 aromatic rings. The van der Waals surface area contributed by atoms with E-state index in [-0.39, 0.29) is 18.1 Å². The number of hydrogen-bond donors (Lipinski definition) is 2. The fourth-order valence-electron chi connectivity index (χ4n) is 1.64. The van der Waals surface area contributed by atoms with E-state index in [1.165, 1.54) is 23.1 Å². The van der Waals surface area contributed by atoms with Gasteiger partial charge in [0, 0.05) is 11.1 Å². The molecule has 0 saturated heterocycles. The Morgan fingerprint density at radius 3 is 2.95 bits per heavy atom. The van der Waals surface area contributed by atoms with Gasteiger partial charge in [-0.05, 0) is 24.6 Å². The van der Waals surface area contributed by atoms with Gasteiger partial charge >= 0.3 is 5.97 Å². The fourth-order valence-corrected chi connectivity index (χ4v) is 3.28. The topological polar surface area (TPSA) is 79.3 Å². The molecule has 0 unspecified atom stereocenters. The average Bonchev–Trinajstić information content (AvgIpc) is 2.83. The summed E-state index contributed by atoms with van der Waals surface area (Å²) >= 11 is 2.65. The summed E-state index contributed by atoms with van der Waals surface area (Å²) in [5.74, 6) is -0.775. The predicted molar refractivity (Wildman–Crippen MR) is 84.0 cm³/mol. The van der Waals surface area contributed by atoms with Crippen LogP contribution in [0.4, 0.5) is 5.69 Å². The molecule has 1 aromatic heterocycles. The van der Waals surface area contributed by atoms with Crippen LogP contribution in [0, 0.1) is 6.92 Å². The van der Waals surface area contributed by atoms with Gasteiger partial charge in [0.15, 0.2) is 4.34 Å². The molecule has 0 saturated carbocycles. The number of carbonyl (C=O) groups is 2. The number of hydrogen-bond acceptors (Lipinski definition) is 5. The summed E-state index contributed by atoms with van der Waals surface area (Å²) in [4.78, 5) is 26.6. The monoisotopic (exact) mass is 322 g/mol. The van der Waals surface area contributed by atoms with E-state index in [0.29, 0.717) is 10.0 Å². The number of thiazole rings is 1. The van der Waals surface area contributed by atoms with Gasteiger partial charge in [-0.15, -0.1) is 11.3 Å². The van der Waals surface area contributed by atoms with E-state index in [2.05, 4.69) is 10.3 Å². The molecular weight excluding hydrogens is 308 g/mol. The highest BCUT2D eigenvalue weighted by atomic mass is 32.2. The van der Waals surface area contributed by atoms with Crippen molar-refractivity contribution in [2.24, 2.45) is 0 Å². The third kappa shape index (κ3) is 5.20. The number of thioether (sulfide) groups is 1. The van der Waals surface area contributed by atoms with Crippen LogP contribution in [0.1, 0.15) is 11.3 Å². The van der Waals surface area contributed by atoms with Crippen molar-refractivity contribution < 1.29 is 14.7 Å². The number of aromatic nitrogens is 1. The molecule has 21 heavy (non-hydrogen) atoms. The molecular formula is C14H14N2O3S2. The Hall–Kier alpha value is -1.86. The van der Waals surface area contributed by atoms with Crippen molar-refractivity contribution in [1.82, 2.24) is 4.98 Å². The number of anilines is 1. The molecule has 1 heterocycles. The number of aryl methyl sites for hydroxylation is 1. The molecule has 0 aliphatic rings. The second kappa shape index (κ2) is 7.24. The fraction of sp³-hybridized carbons (Fsp3) is 0.214. The zero-order chi connectivity index (χ0) is 15.2. The number of amides is 1. The Balaban J connectivity index is 1.83. The maximum Gasteiger partial charge on any atom is 0.309 e. The summed E-state index contributed by atoms with van der Waals surface area (Å²) in [6, 6.07) is 7.59. The number of aliphatic carboxylic acids is 1. The average molecular weight is 322 g/mol. The van der Waals surface area contributed by atoms with Crippen molar-refractivity contribution >= 4 is 40.7 Å². The van der Waals surface area contributed by atoms with Crippen molar-refractivity contribution in [3.05, 3.63) is 40.9 Å². The van der Waals surface area contributed by atoms with Gasteiger partial charge in [-0.1, -0.05) is 23.9 Å². The summed E-state index contributed by atoms with van der Waals surface area (Å²) < 4.78 is 0.700. The third-order valence-corrected chi connectivity index (χ3v) is 4.56. The minimum atomic E-state index is -0.908. The first kappa shape index (κ1) is 15.5. The van der Waals surface area contributed by atoms with Crippen LogP contribution in [-0.4, -0.2) is 27.7 Å². The predicted octanol–water partition coefficient (Wildman–Crippen LogP) is 2.81. The SMILES string of the molecule is Cc1cccc(NC(=O)CSc2nc(CC(=O)O)cs2)c1. The Morgan fingerprint density at radius 1 is 1.43 bits per heavy atom. The van der Waals surface area contributed by atoms with Gasteiger partial charge in [0.2, 0.25) is 5.91 Å². The lowest BCUT2D eigenvalue weighted by molar-refractivity contribution is -0.136. The first-order chi connectivity index (χ1) is 10.0. The minimum absolute atomic E-state index is 0.0907. The summed E-state index contributed by atoms with van der Waals surface area (Å²) in [6.45, 7) is 1.96. The number of carboxylic acids is 1. The second-order valence-corrected chi connectivity index (χ2v) is 6.46. The maximum absolute atomic E-state index is 11.8. The highest BCUT2D eigenvalue weighted by Gasteiger charge is 2.09. The van der Waals surface area contributed by atoms with Gasteiger partial charge in [0.25, 0.3) is 0 Å². The number of carboxylic acid groups (broad SMARTS) is 1. The molecule has 0 fully saturated rings. The van der Waals surface area contributed by atoms with Crippen LogP contribution in [0.15, 0.2) is 34.0 Å². The quantitative estimate of drug-likeness (QED) is 0.800. The smallest absolute Gasteiger partial charge is 0.309 e. The Kier molecular flexibility index (Phi) is 5.35. The maximum atomic E-state index is 11.8. The number of nitrogens with one attached hydrogen (secondary N) is 1. The van der Waals surface area contributed by atoms with Crippen molar-refractivity contribution in [2.75, 3.05) is 11.1 Å². The molecule has 1 aromatic carbocycles. The van der Waals surface area contributed by atoms with E-state index in [0.717, 1.165) is 11.3 Å². The molecule has 2 N–H and O–H groups in total. The lowest BCUT2D eigenvalue weighted by atomic mass is 10.2. The van der Waals surface area contributed by atoms with E-state index < -0.39 is 5.97 Å². The van der Waals surface area contributed by atoms with E-state index in [4.69, 9.17) is 5.11 Å². The van der Waals surface area contributed by atoms with Gasteiger partial charge < -0.3 is 10.4 Å². The molecule has 2 rings (SSSR count). The first-order valence-electron chi connectivity index (χ1n) is 6.18. The highest BCUT2D eigenvalue weighted by molar-refractivity contribution is 8.01. The summed E-state index contributed by atoms with van der Waals surface area (Å²) in [7, 11) is 0. The molecule has 0 atom stereocenters. The molecule has 7 heteroatoms. The van der Waals surface area contributed by atoms with Crippen LogP contribution in [0.2, 0.25) is 0 Å². The number of nitrogens with zero attached hydrogens (tertiary/aromatic N) is 1. The standard InChI is InChI=1S/C14H14N2O3S2/c1-9-3-2-4-10(5-9)15-12(17)8-21-14-16-11(7-20-14)6-13(18)19/h2-5,7H,6,8H2,1H3,(H,15,17)(H,18,19). The van der Waals surface area contributed by atoms with Crippen molar-refractivity contribution in [1.29, 1.82) is 0 Å². The summed E-state index contributed by atoms with van der Waals surface area (Å²) in [5.41, 5.74) is 2.37. The van der Waals surface area contributed by atoms with Crippen molar-refractivity contribution in [3.63, 3.8) is 0 Å². The van der Waals surface area contributed by atoms with Crippen LogP contribution in [0.5, 0.6) is 0 Å². The first-order valence-corrected chi connectivity index (χ1v) is 8.05. The van der Waals surface area contributed by atoms with Gasteiger partial charge in [-0.3, -0.25) is 9.59 Å². The third-order valence-electron chi connectivity index (χ3n) is 2.49. The van der Waals surface area contributed by atoms with Crippen LogP contribution in [-0.2, 0) is 16.0 Å². The van der Waals surface area contributed by atoms with Crippen molar-refractivity contribution in [3.8, 4) is 0 Å². The zero-order valence-electron chi connectivity index (χ0n) is 11.3. The minimum Gasteiger partial charge on any atom is -0.481 e. The van der Waals surface area contributed by atoms with E-state index in [1.54, 1.807) is 5.38 Å². The molecule has 1 amide bonds. The van der Waals surface area contributed by atoms with Crippen LogP contribution in [0.25, 0.3) is 0 Å². The van der Waals surface area contributed by atoms with Gasteiger partial charge in [-0.2, -0.15) is 0 Å². The van der Waals surface area contributed by atoms with E-state index >= 15 is 0 Å². The largest absolute Gasteiger partial charge is 0.481 e. The molecule has 5 nitrogen and oxygen atoms in total. The molecule has 0 radical (unpaired) electrons. The normalized spacial score (nSPS) is 10.3. The van der Waals surface area contributed by atoms with E-state index in [9.17, 15) is 9.59 Å². The number of benzene rings is 1. The van der Waals surface area contributed by atoms with Crippen molar-refractivity contribution in [2.45, 2.75) is 17.7 Å². The second-order valence-electron chi connectivity index (χ2n) is 4.38. The Morgan fingerprint density at radius 2 is 2.24 bits per heavy atom. The molecule has 110 valence electrons. The Bertz CT molecular complexity index is 655. The Labute approximate surface area is 130 Å². The van der Waals surface area contributed by atoms with Gasteiger partial charge in [0.1, 0.15) is 0 Å². The highest BCUT2D eigenvalue weighted by Crippen LogP contribution is 2.23. The van der Waals surface area contributed by atoms with E-state index in [1.807, 2.05) is 31.2 Å². The van der Waals surface area contributed by atoms with Gasteiger partial charge in [-0.25, -0.2) is 4.98 Å². The zero-order valence-corrected chi connectivity index (χ0v) is 13.0. The number of rotatable bonds is 6. The van der Waals surface area contributed by atoms with Crippen LogP contribution >= 0.6 is 23.1 Å². The summed E-state index contributed by atoms with van der Waals surface area (Å²) in [5, 5.41) is 13.2. The van der Waals surface area contributed by atoms with Crippen LogP contribution < -0.4 is 5.32 Å².